The summed E-state index contributed by atoms with van der Waals surface area (Å²) in [7, 11) is 0. The summed E-state index contributed by atoms with van der Waals surface area (Å²) in [6.07, 6.45) is 5.78. The average Bonchev–Trinajstić information content (AvgIpc) is 2.55. The molecule has 0 aromatic heterocycles. The van der Waals surface area contributed by atoms with Crippen LogP contribution < -0.4 is 5.32 Å². The van der Waals surface area contributed by atoms with Crippen molar-refractivity contribution >= 4 is 5.91 Å². The normalized spacial score (nSPS) is 18.1. The van der Waals surface area contributed by atoms with E-state index in [0.717, 1.165) is 25.8 Å². The smallest absolute Gasteiger partial charge is 0.223 e. The van der Waals surface area contributed by atoms with Crippen molar-refractivity contribution in [2.45, 2.75) is 46.0 Å². The molecule has 0 heterocycles. The second-order valence-electron chi connectivity index (χ2n) is 4.45. The summed E-state index contributed by atoms with van der Waals surface area (Å²) in [5.41, 5.74) is 0. The molecule has 1 N–H and O–H groups in total. The van der Waals surface area contributed by atoms with Crippen LogP contribution >= 0.6 is 0 Å². The van der Waals surface area contributed by atoms with E-state index >= 15 is 0 Å². The fraction of sp³-hybridized carbons (Fsp3) is 0.909. The molecule has 1 saturated carbocycles. The lowest BCUT2D eigenvalue weighted by Gasteiger charge is -2.11. The molecular weight excluding hydrogens is 162 g/mol. The molecule has 1 rings (SSSR count). The van der Waals surface area contributed by atoms with Gasteiger partial charge in [-0.15, -0.1) is 0 Å². The van der Waals surface area contributed by atoms with Crippen LogP contribution in [0.15, 0.2) is 0 Å². The number of carbonyl (C=O) groups excluding carboxylic acids is 1. The zero-order chi connectivity index (χ0) is 9.68. The monoisotopic (exact) mass is 183 g/mol. The molecule has 0 aliphatic heterocycles. The van der Waals surface area contributed by atoms with Gasteiger partial charge in [0.1, 0.15) is 0 Å². The third-order valence-corrected chi connectivity index (χ3v) is 2.75. The van der Waals surface area contributed by atoms with Crippen molar-refractivity contribution in [3.05, 3.63) is 0 Å². The van der Waals surface area contributed by atoms with Crippen molar-refractivity contribution in [1.29, 1.82) is 0 Å². The Morgan fingerprint density at radius 3 is 2.54 bits per heavy atom. The highest BCUT2D eigenvalue weighted by atomic mass is 16.1. The maximum atomic E-state index is 11.5. The van der Waals surface area contributed by atoms with Gasteiger partial charge in [-0.3, -0.25) is 4.79 Å². The Hall–Kier alpha value is -0.530. The molecule has 0 unspecified atom stereocenters. The van der Waals surface area contributed by atoms with Crippen molar-refractivity contribution in [3.8, 4) is 0 Å². The first-order chi connectivity index (χ1) is 6.20. The lowest BCUT2D eigenvalue weighted by Crippen LogP contribution is -2.30. The summed E-state index contributed by atoms with van der Waals surface area (Å²) in [4.78, 5) is 11.5. The Labute approximate surface area is 81.1 Å². The van der Waals surface area contributed by atoms with E-state index in [1.54, 1.807) is 0 Å². The number of hydrogen-bond acceptors (Lipinski definition) is 1. The highest BCUT2D eigenvalue weighted by Crippen LogP contribution is 2.24. The van der Waals surface area contributed by atoms with Crippen LogP contribution in [0.4, 0.5) is 0 Å². The lowest BCUT2D eigenvalue weighted by molar-refractivity contribution is -0.124. The highest BCUT2D eigenvalue weighted by molar-refractivity contribution is 5.78. The molecule has 0 aromatic carbocycles. The number of amides is 1. The van der Waals surface area contributed by atoms with E-state index in [9.17, 15) is 4.79 Å². The predicted octanol–water partition coefficient (Wildman–Crippen LogP) is 2.34. The third-order valence-electron chi connectivity index (χ3n) is 2.75. The molecule has 1 fully saturated rings. The minimum absolute atomic E-state index is 0.290. The van der Waals surface area contributed by atoms with Gasteiger partial charge in [-0.05, 0) is 25.2 Å². The summed E-state index contributed by atoms with van der Waals surface area (Å²) in [6.45, 7) is 5.22. The molecule has 2 nitrogen and oxygen atoms in total. The third kappa shape index (κ3) is 3.79. The fourth-order valence-corrected chi connectivity index (χ4v) is 1.82. The second-order valence-corrected chi connectivity index (χ2v) is 4.45. The van der Waals surface area contributed by atoms with Gasteiger partial charge in [-0.2, -0.15) is 0 Å². The van der Waals surface area contributed by atoms with Gasteiger partial charge in [-0.1, -0.05) is 26.7 Å². The van der Waals surface area contributed by atoms with E-state index in [0.29, 0.717) is 11.8 Å². The molecule has 13 heavy (non-hydrogen) atoms. The van der Waals surface area contributed by atoms with Crippen LogP contribution in [-0.2, 0) is 4.79 Å². The van der Waals surface area contributed by atoms with Gasteiger partial charge in [-0.25, -0.2) is 0 Å². The number of carbonyl (C=O) groups is 1. The zero-order valence-electron chi connectivity index (χ0n) is 8.81. The van der Waals surface area contributed by atoms with Crippen LogP contribution in [0.1, 0.15) is 46.0 Å². The van der Waals surface area contributed by atoms with E-state index in [1.807, 2.05) is 0 Å². The van der Waals surface area contributed by atoms with Gasteiger partial charge >= 0.3 is 0 Å². The summed E-state index contributed by atoms with van der Waals surface area (Å²) < 4.78 is 0. The summed E-state index contributed by atoms with van der Waals surface area (Å²) in [6, 6.07) is 0. The van der Waals surface area contributed by atoms with Crippen LogP contribution in [0.3, 0.4) is 0 Å². The van der Waals surface area contributed by atoms with Crippen molar-refractivity contribution in [2.24, 2.45) is 11.8 Å². The van der Waals surface area contributed by atoms with Crippen LogP contribution in [-0.4, -0.2) is 12.5 Å². The number of rotatable bonds is 4. The van der Waals surface area contributed by atoms with E-state index in [2.05, 4.69) is 19.2 Å². The first-order valence-corrected chi connectivity index (χ1v) is 5.48. The van der Waals surface area contributed by atoms with Crippen molar-refractivity contribution in [2.75, 3.05) is 6.54 Å². The fourth-order valence-electron chi connectivity index (χ4n) is 1.82. The van der Waals surface area contributed by atoms with Crippen LogP contribution in [0.25, 0.3) is 0 Å². The predicted molar refractivity (Wildman–Crippen MR) is 54.4 cm³/mol. The van der Waals surface area contributed by atoms with E-state index in [4.69, 9.17) is 0 Å². The molecule has 0 radical (unpaired) electrons. The standard InChI is InChI=1S/C11H21NO/c1-9(2)7-8-12-11(13)10-5-3-4-6-10/h9-10H,3-8H2,1-2H3,(H,12,13). The summed E-state index contributed by atoms with van der Waals surface area (Å²) >= 11 is 0. The van der Waals surface area contributed by atoms with Gasteiger partial charge in [0.15, 0.2) is 0 Å². The van der Waals surface area contributed by atoms with Crippen LogP contribution in [0, 0.1) is 11.8 Å². The Morgan fingerprint density at radius 1 is 1.38 bits per heavy atom. The minimum Gasteiger partial charge on any atom is -0.356 e. The van der Waals surface area contributed by atoms with Gasteiger partial charge in [0, 0.05) is 12.5 Å². The molecule has 0 spiro atoms. The van der Waals surface area contributed by atoms with Gasteiger partial charge < -0.3 is 5.32 Å². The maximum absolute atomic E-state index is 11.5. The molecule has 1 aliphatic carbocycles. The van der Waals surface area contributed by atoms with E-state index in [1.165, 1.54) is 12.8 Å². The second kappa shape index (κ2) is 5.25. The molecule has 1 aliphatic rings. The summed E-state index contributed by atoms with van der Waals surface area (Å²) in [5.74, 6) is 1.30. The molecule has 0 atom stereocenters. The van der Waals surface area contributed by atoms with Gasteiger partial charge in [0.2, 0.25) is 5.91 Å². The Bertz CT molecular complexity index is 159. The molecule has 0 aromatic rings. The van der Waals surface area contributed by atoms with E-state index in [-0.39, 0.29) is 5.91 Å². The SMILES string of the molecule is CC(C)CCNC(=O)C1CCCC1. The van der Waals surface area contributed by atoms with Gasteiger partial charge in [0.25, 0.3) is 0 Å². The molecule has 0 bridgehead atoms. The number of nitrogens with one attached hydrogen (secondary N) is 1. The summed E-state index contributed by atoms with van der Waals surface area (Å²) in [5, 5.41) is 3.02. The van der Waals surface area contributed by atoms with Crippen LogP contribution in [0.2, 0.25) is 0 Å². The topological polar surface area (TPSA) is 29.1 Å². The highest BCUT2D eigenvalue weighted by Gasteiger charge is 2.21. The molecule has 2 heteroatoms. The maximum Gasteiger partial charge on any atom is 0.223 e. The van der Waals surface area contributed by atoms with Crippen LogP contribution in [0.5, 0.6) is 0 Å². The first-order valence-electron chi connectivity index (χ1n) is 5.48. The quantitative estimate of drug-likeness (QED) is 0.712. The minimum atomic E-state index is 0.290. The molecule has 0 saturated heterocycles. The number of hydrogen-bond donors (Lipinski definition) is 1. The van der Waals surface area contributed by atoms with E-state index < -0.39 is 0 Å². The van der Waals surface area contributed by atoms with Gasteiger partial charge in [0.05, 0.1) is 0 Å². The largest absolute Gasteiger partial charge is 0.356 e. The Morgan fingerprint density at radius 2 is 2.00 bits per heavy atom. The first kappa shape index (κ1) is 10.6. The van der Waals surface area contributed by atoms with Crippen molar-refractivity contribution < 1.29 is 4.79 Å². The molecular formula is C11H21NO. The Balaban J connectivity index is 2.10. The molecule has 1 amide bonds. The molecule has 76 valence electrons. The zero-order valence-corrected chi connectivity index (χ0v) is 8.81. The Kier molecular flexibility index (Phi) is 4.26. The average molecular weight is 183 g/mol. The van der Waals surface area contributed by atoms with Crippen molar-refractivity contribution in [3.63, 3.8) is 0 Å². The van der Waals surface area contributed by atoms with Crippen molar-refractivity contribution in [1.82, 2.24) is 5.32 Å². The lowest BCUT2D eigenvalue weighted by atomic mass is 10.1.